The fourth-order valence-corrected chi connectivity index (χ4v) is 1.96. The number of hydrogen-bond acceptors (Lipinski definition) is 3. The summed E-state index contributed by atoms with van der Waals surface area (Å²) in [4.78, 5) is 13.2. The molecule has 0 aromatic heterocycles. The average molecular weight is 234 g/mol. The second-order valence-electron chi connectivity index (χ2n) is 4.71. The van der Waals surface area contributed by atoms with E-state index in [9.17, 15) is 9.90 Å². The van der Waals surface area contributed by atoms with Gasteiger partial charge in [0.05, 0.1) is 11.4 Å². The van der Waals surface area contributed by atoms with Crippen LogP contribution in [0.2, 0.25) is 0 Å². The molecule has 2 N–H and O–H groups in total. The van der Waals surface area contributed by atoms with Crippen molar-refractivity contribution in [3.63, 3.8) is 0 Å². The first-order valence-corrected chi connectivity index (χ1v) is 5.85. The van der Waals surface area contributed by atoms with Gasteiger partial charge in [-0.3, -0.25) is 0 Å². The maximum atomic E-state index is 11.2. The Hall–Kier alpha value is -1.71. The van der Waals surface area contributed by atoms with Crippen LogP contribution in [-0.4, -0.2) is 31.2 Å². The summed E-state index contributed by atoms with van der Waals surface area (Å²) in [7, 11) is 3.90. The van der Waals surface area contributed by atoms with Crippen LogP contribution in [0.1, 0.15) is 12.8 Å². The normalized spacial score (nSPS) is 16.4. The Morgan fingerprint density at radius 1 is 1.41 bits per heavy atom. The predicted octanol–water partition coefficient (Wildman–Crippen LogP) is 2.03. The van der Waals surface area contributed by atoms with Gasteiger partial charge in [0.1, 0.15) is 6.04 Å². The lowest BCUT2D eigenvalue weighted by Gasteiger charge is -2.21. The third kappa shape index (κ3) is 2.70. The molecule has 17 heavy (non-hydrogen) atoms. The molecule has 0 heterocycles. The number of nitrogens with one attached hydrogen (secondary N) is 1. The topological polar surface area (TPSA) is 52.6 Å². The third-order valence-corrected chi connectivity index (χ3v) is 3.06. The van der Waals surface area contributed by atoms with E-state index in [2.05, 4.69) is 5.32 Å². The van der Waals surface area contributed by atoms with Crippen molar-refractivity contribution in [2.45, 2.75) is 18.9 Å². The van der Waals surface area contributed by atoms with Crippen LogP contribution in [0, 0.1) is 5.92 Å². The smallest absolute Gasteiger partial charge is 0.326 e. The molecule has 1 aliphatic rings. The van der Waals surface area contributed by atoms with Crippen LogP contribution >= 0.6 is 0 Å². The van der Waals surface area contributed by atoms with Gasteiger partial charge in [0, 0.05) is 14.1 Å². The van der Waals surface area contributed by atoms with Crippen LogP contribution in [0.4, 0.5) is 11.4 Å². The van der Waals surface area contributed by atoms with Crippen LogP contribution < -0.4 is 10.2 Å². The highest BCUT2D eigenvalue weighted by Crippen LogP contribution is 2.35. The Bertz CT molecular complexity index is 414. The molecule has 1 fully saturated rings. The first kappa shape index (κ1) is 11.8. The summed E-state index contributed by atoms with van der Waals surface area (Å²) in [5.74, 6) is -0.483. The summed E-state index contributed by atoms with van der Waals surface area (Å²) in [5.41, 5.74) is 1.90. The van der Waals surface area contributed by atoms with E-state index >= 15 is 0 Å². The molecule has 1 atom stereocenters. The molecular weight excluding hydrogens is 216 g/mol. The number of carboxylic acids is 1. The number of carboxylic acid groups (broad SMARTS) is 1. The number of carbonyl (C=O) groups is 1. The van der Waals surface area contributed by atoms with Crippen molar-refractivity contribution >= 4 is 17.3 Å². The van der Waals surface area contributed by atoms with Crippen molar-refractivity contribution in [2.75, 3.05) is 24.3 Å². The highest BCUT2D eigenvalue weighted by Gasteiger charge is 2.36. The zero-order chi connectivity index (χ0) is 12.4. The van der Waals surface area contributed by atoms with Gasteiger partial charge in [-0.2, -0.15) is 0 Å². The number of anilines is 2. The van der Waals surface area contributed by atoms with Crippen LogP contribution in [0.25, 0.3) is 0 Å². The fraction of sp³-hybridized carbons (Fsp3) is 0.462. The number of para-hydroxylation sites is 2. The lowest BCUT2D eigenvalue weighted by Crippen LogP contribution is -2.32. The quantitative estimate of drug-likeness (QED) is 0.818. The molecule has 0 saturated heterocycles. The van der Waals surface area contributed by atoms with Crippen molar-refractivity contribution in [2.24, 2.45) is 5.92 Å². The van der Waals surface area contributed by atoms with Crippen LogP contribution in [0.3, 0.4) is 0 Å². The van der Waals surface area contributed by atoms with E-state index in [-0.39, 0.29) is 5.92 Å². The van der Waals surface area contributed by atoms with Gasteiger partial charge in [0.15, 0.2) is 0 Å². The number of rotatable bonds is 5. The maximum Gasteiger partial charge on any atom is 0.326 e. The van der Waals surface area contributed by atoms with Crippen molar-refractivity contribution < 1.29 is 9.90 Å². The minimum absolute atomic E-state index is 0.280. The van der Waals surface area contributed by atoms with Gasteiger partial charge >= 0.3 is 5.97 Å². The summed E-state index contributed by atoms with van der Waals surface area (Å²) in [5, 5.41) is 12.3. The summed E-state index contributed by atoms with van der Waals surface area (Å²) in [6.07, 6.45) is 2.02. The van der Waals surface area contributed by atoms with Gasteiger partial charge in [-0.15, -0.1) is 0 Å². The van der Waals surface area contributed by atoms with E-state index in [0.717, 1.165) is 24.2 Å². The molecule has 0 aliphatic heterocycles. The standard InChI is InChI=1S/C13H18N2O2/c1-15(2)11-6-4-3-5-10(11)14-12(13(16)17)9-7-8-9/h3-6,9,12,14H,7-8H2,1-2H3,(H,16,17). The lowest BCUT2D eigenvalue weighted by atomic mass is 10.1. The Morgan fingerprint density at radius 3 is 2.59 bits per heavy atom. The Kier molecular flexibility index (Phi) is 3.22. The number of aliphatic carboxylic acids is 1. The molecule has 0 radical (unpaired) electrons. The van der Waals surface area contributed by atoms with Crippen molar-refractivity contribution in [3.05, 3.63) is 24.3 Å². The van der Waals surface area contributed by atoms with Gasteiger partial charge in [0.25, 0.3) is 0 Å². The van der Waals surface area contributed by atoms with E-state index in [1.807, 2.05) is 43.3 Å². The minimum Gasteiger partial charge on any atom is -0.480 e. The van der Waals surface area contributed by atoms with Gasteiger partial charge in [-0.05, 0) is 30.9 Å². The zero-order valence-electron chi connectivity index (χ0n) is 10.2. The minimum atomic E-state index is -0.763. The third-order valence-electron chi connectivity index (χ3n) is 3.06. The number of nitrogens with zero attached hydrogens (tertiary/aromatic N) is 1. The average Bonchev–Trinajstić information content (AvgIpc) is 3.09. The lowest BCUT2D eigenvalue weighted by molar-refractivity contribution is -0.138. The summed E-state index contributed by atoms with van der Waals surface area (Å²) < 4.78 is 0. The molecule has 4 nitrogen and oxygen atoms in total. The van der Waals surface area contributed by atoms with E-state index in [1.165, 1.54) is 0 Å². The zero-order valence-corrected chi connectivity index (χ0v) is 10.2. The van der Waals surface area contributed by atoms with Crippen LogP contribution in [0.5, 0.6) is 0 Å². The maximum absolute atomic E-state index is 11.2. The molecule has 1 aromatic rings. The first-order valence-electron chi connectivity index (χ1n) is 5.85. The molecular formula is C13H18N2O2. The van der Waals surface area contributed by atoms with E-state index in [1.54, 1.807) is 0 Å². The van der Waals surface area contributed by atoms with E-state index in [0.29, 0.717) is 0 Å². The first-order chi connectivity index (χ1) is 8.09. The Balaban J connectivity index is 2.19. The Labute approximate surface area is 101 Å². The molecule has 0 spiro atoms. The second kappa shape index (κ2) is 4.65. The molecule has 4 heteroatoms. The largest absolute Gasteiger partial charge is 0.480 e. The van der Waals surface area contributed by atoms with Crippen molar-refractivity contribution in [1.29, 1.82) is 0 Å². The van der Waals surface area contributed by atoms with Crippen molar-refractivity contribution in [3.8, 4) is 0 Å². The molecule has 1 unspecified atom stereocenters. The molecule has 2 rings (SSSR count). The SMILES string of the molecule is CN(C)c1ccccc1NC(C(=O)O)C1CC1. The molecule has 0 amide bonds. The predicted molar refractivity (Wildman–Crippen MR) is 68.5 cm³/mol. The van der Waals surface area contributed by atoms with Gasteiger partial charge in [-0.1, -0.05) is 12.1 Å². The summed E-state index contributed by atoms with van der Waals surface area (Å²) >= 11 is 0. The molecule has 1 aliphatic carbocycles. The number of benzene rings is 1. The molecule has 92 valence electrons. The highest BCUT2D eigenvalue weighted by molar-refractivity contribution is 5.81. The monoisotopic (exact) mass is 234 g/mol. The summed E-state index contributed by atoms with van der Waals surface area (Å²) in [6.45, 7) is 0. The van der Waals surface area contributed by atoms with E-state index in [4.69, 9.17) is 0 Å². The van der Waals surface area contributed by atoms with Gasteiger partial charge in [0.2, 0.25) is 0 Å². The molecule has 1 aromatic carbocycles. The second-order valence-corrected chi connectivity index (χ2v) is 4.71. The fourth-order valence-electron chi connectivity index (χ4n) is 1.96. The summed E-state index contributed by atoms with van der Waals surface area (Å²) in [6, 6.07) is 7.31. The van der Waals surface area contributed by atoms with Gasteiger partial charge < -0.3 is 15.3 Å². The Morgan fingerprint density at radius 2 is 2.06 bits per heavy atom. The molecule has 0 bridgehead atoms. The van der Waals surface area contributed by atoms with Crippen molar-refractivity contribution in [1.82, 2.24) is 0 Å². The van der Waals surface area contributed by atoms with Crippen LogP contribution in [0.15, 0.2) is 24.3 Å². The van der Waals surface area contributed by atoms with Crippen LogP contribution in [-0.2, 0) is 4.79 Å². The van der Waals surface area contributed by atoms with E-state index < -0.39 is 12.0 Å². The number of hydrogen-bond donors (Lipinski definition) is 2. The van der Waals surface area contributed by atoms with Gasteiger partial charge in [-0.25, -0.2) is 4.79 Å². The highest BCUT2D eigenvalue weighted by atomic mass is 16.4. The molecule has 1 saturated carbocycles.